The van der Waals surface area contributed by atoms with Gasteiger partial charge in [0, 0.05) is 18.6 Å². The number of nitrogens with one attached hydrogen (secondary N) is 2. The van der Waals surface area contributed by atoms with Crippen LogP contribution in [0.5, 0.6) is 5.75 Å². The van der Waals surface area contributed by atoms with Gasteiger partial charge in [0.15, 0.2) is 0 Å². The molecule has 0 spiro atoms. The molecule has 1 aliphatic rings. The van der Waals surface area contributed by atoms with Gasteiger partial charge in [-0.15, -0.1) is 0 Å². The van der Waals surface area contributed by atoms with Gasteiger partial charge in [-0.25, -0.2) is 26.3 Å². The van der Waals surface area contributed by atoms with E-state index in [1.165, 1.54) is 24.3 Å². The molecule has 10 heteroatoms. The third-order valence-corrected chi connectivity index (χ3v) is 7.89. The number of nitrogens with zero attached hydrogens (tertiary/aromatic N) is 1. The van der Waals surface area contributed by atoms with Crippen LogP contribution in [0.25, 0.3) is 0 Å². The van der Waals surface area contributed by atoms with Crippen LogP contribution in [0.15, 0.2) is 58.3 Å². The van der Waals surface area contributed by atoms with Gasteiger partial charge in [0.2, 0.25) is 20.0 Å². The van der Waals surface area contributed by atoms with Gasteiger partial charge in [-0.2, -0.15) is 0 Å². The maximum absolute atomic E-state index is 12.7. The first-order chi connectivity index (χ1) is 14.1. The first kappa shape index (κ1) is 22.7. The van der Waals surface area contributed by atoms with E-state index in [2.05, 4.69) is 9.44 Å². The van der Waals surface area contributed by atoms with E-state index in [-0.39, 0.29) is 28.4 Å². The molecule has 0 heterocycles. The molecule has 30 heavy (non-hydrogen) atoms. The molecule has 0 saturated heterocycles. The van der Waals surface area contributed by atoms with E-state index in [9.17, 15) is 16.8 Å². The normalized spacial score (nSPS) is 15.9. The molecule has 0 amide bonds. The molecule has 2 aromatic carbocycles. The molecule has 1 aliphatic carbocycles. The number of ether oxygens (including phenoxy) is 1. The van der Waals surface area contributed by atoms with Crippen LogP contribution in [0.1, 0.15) is 24.4 Å². The molecule has 3 rings (SSSR count). The van der Waals surface area contributed by atoms with Crippen LogP contribution in [-0.4, -0.2) is 55.5 Å². The van der Waals surface area contributed by atoms with Gasteiger partial charge in [0.25, 0.3) is 0 Å². The molecule has 0 bridgehead atoms. The Balaban J connectivity index is 1.73. The highest BCUT2D eigenvalue weighted by Crippen LogP contribution is 2.24. The van der Waals surface area contributed by atoms with Crippen LogP contribution < -0.4 is 14.2 Å². The molecule has 1 saturated carbocycles. The fourth-order valence-electron chi connectivity index (χ4n) is 3.01. The molecular weight excluding hydrogens is 426 g/mol. The van der Waals surface area contributed by atoms with Gasteiger partial charge < -0.3 is 9.64 Å². The van der Waals surface area contributed by atoms with Crippen molar-refractivity contribution >= 4 is 20.0 Å². The Morgan fingerprint density at radius 1 is 1.00 bits per heavy atom. The number of sulfonamides is 2. The Labute approximate surface area is 178 Å². The van der Waals surface area contributed by atoms with Gasteiger partial charge >= 0.3 is 0 Å². The van der Waals surface area contributed by atoms with Crippen molar-refractivity contribution in [1.29, 1.82) is 0 Å². The van der Waals surface area contributed by atoms with Crippen molar-refractivity contribution in [1.82, 2.24) is 14.3 Å². The Morgan fingerprint density at radius 3 is 2.13 bits per heavy atom. The number of rotatable bonds is 10. The van der Waals surface area contributed by atoms with E-state index in [0.717, 1.165) is 18.4 Å². The first-order valence-electron chi connectivity index (χ1n) is 9.55. The predicted molar refractivity (Wildman–Crippen MR) is 114 cm³/mol. The van der Waals surface area contributed by atoms with Gasteiger partial charge in [-0.05, 0) is 68.9 Å². The standard InChI is InChI=1S/C20H27N3O5S2/c1-23(2)20(15-5-4-6-17(13-15)28-3)14-21-29(24,25)18-9-11-19(12-10-18)30(26,27)22-16-7-8-16/h4-6,9-13,16,20-22H,7-8,14H2,1-3H3. The molecule has 0 aliphatic heterocycles. The van der Waals surface area contributed by atoms with Gasteiger partial charge in [-0.3, -0.25) is 0 Å². The van der Waals surface area contributed by atoms with Crippen molar-refractivity contribution in [3.63, 3.8) is 0 Å². The molecule has 2 aromatic rings. The van der Waals surface area contributed by atoms with Crippen LogP contribution in [0.3, 0.4) is 0 Å². The van der Waals surface area contributed by atoms with E-state index in [4.69, 9.17) is 4.74 Å². The van der Waals surface area contributed by atoms with Crippen molar-refractivity contribution in [2.45, 2.75) is 34.7 Å². The molecule has 164 valence electrons. The van der Waals surface area contributed by atoms with Gasteiger partial charge in [0.05, 0.1) is 16.9 Å². The topological polar surface area (TPSA) is 105 Å². The Hall–Kier alpha value is -1.98. The molecule has 1 unspecified atom stereocenters. The average Bonchev–Trinajstić information content (AvgIpc) is 3.51. The Morgan fingerprint density at radius 2 is 1.60 bits per heavy atom. The Bertz CT molecular complexity index is 1080. The summed E-state index contributed by atoms with van der Waals surface area (Å²) in [6, 6.07) is 12.5. The Kier molecular flexibility index (Phi) is 6.83. The number of benzene rings is 2. The molecule has 0 radical (unpaired) electrons. The fraction of sp³-hybridized carbons (Fsp3) is 0.400. The summed E-state index contributed by atoms with van der Waals surface area (Å²) in [6.07, 6.45) is 1.66. The van der Waals surface area contributed by atoms with E-state index < -0.39 is 20.0 Å². The number of hydrogen-bond acceptors (Lipinski definition) is 6. The summed E-state index contributed by atoms with van der Waals surface area (Å²) in [4.78, 5) is 1.98. The second-order valence-corrected chi connectivity index (χ2v) is 11.0. The van der Waals surface area contributed by atoms with Crippen LogP contribution in [0.4, 0.5) is 0 Å². The van der Waals surface area contributed by atoms with Crippen LogP contribution >= 0.6 is 0 Å². The van der Waals surface area contributed by atoms with Crippen molar-refractivity contribution in [3.8, 4) is 5.75 Å². The molecular formula is C20H27N3O5S2. The second-order valence-electron chi connectivity index (χ2n) is 7.47. The summed E-state index contributed by atoms with van der Waals surface area (Å²) in [5.74, 6) is 0.693. The number of likely N-dealkylation sites (N-methyl/N-ethyl adjacent to an activating group) is 1. The maximum Gasteiger partial charge on any atom is 0.240 e. The lowest BCUT2D eigenvalue weighted by Crippen LogP contribution is -2.34. The zero-order valence-electron chi connectivity index (χ0n) is 17.2. The molecule has 1 atom stereocenters. The lowest BCUT2D eigenvalue weighted by atomic mass is 10.1. The molecule has 8 nitrogen and oxygen atoms in total. The third-order valence-electron chi connectivity index (χ3n) is 4.91. The van der Waals surface area contributed by atoms with Crippen molar-refractivity contribution in [2.75, 3.05) is 27.7 Å². The van der Waals surface area contributed by atoms with Gasteiger partial charge in [0.1, 0.15) is 5.75 Å². The lowest BCUT2D eigenvalue weighted by Gasteiger charge is -2.25. The zero-order chi connectivity index (χ0) is 21.9. The number of methoxy groups -OCH3 is 1. The first-order valence-corrected chi connectivity index (χ1v) is 12.5. The van der Waals surface area contributed by atoms with Crippen LogP contribution in [0, 0.1) is 0 Å². The minimum Gasteiger partial charge on any atom is -0.497 e. The highest BCUT2D eigenvalue weighted by Gasteiger charge is 2.28. The summed E-state index contributed by atoms with van der Waals surface area (Å²) < 4.78 is 60.4. The average molecular weight is 454 g/mol. The molecule has 0 aromatic heterocycles. The highest BCUT2D eigenvalue weighted by molar-refractivity contribution is 7.90. The quantitative estimate of drug-likeness (QED) is 0.568. The van der Waals surface area contributed by atoms with E-state index in [0.29, 0.717) is 5.75 Å². The minimum atomic E-state index is -3.81. The van der Waals surface area contributed by atoms with Gasteiger partial charge in [-0.1, -0.05) is 12.1 Å². The van der Waals surface area contributed by atoms with E-state index in [1.54, 1.807) is 7.11 Å². The smallest absolute Gasteiger partial charge is 0.240 e. The van der Waals surface area contributed by atoms with E-state index in [1.807, 2.05) is 43.3 Å². The fourth-order valence-corrected chi connectivity index (χ4v) is 5.35. The monoisotopic (exact) mass is 453 g/mol. The summed E-state index contributed by atoms with van der Waals surface area (Å²) in [7, 11) is -2.12. The minimum absolute atomic E-state index is 0.0102. The predicted octanol–water partition coefficient (Wildman–Crippen LogP) is 1.72. The van der Waals surface area contributed by atoms with Crippen molar-refractivity contribution in [3.05, 3.63) is 54.1 Å². The van der Waals surface area contributed by atoms with Crippen molar-refractivity contribution in [2.24, 2.45) is 0 Å². The summed E-state index contributed by atoms with van der Waals surface area (Å²) in [5.41, 5.74) is 0.912. The molecule has 2 N–H and O–H groups in total. The van der Waals surface area contributed by atoms with Crippen molar-refractivity contribution < 1.29 is 21.6 Å². The molecule has 1 fully saturated rings. The maximum atomic E-state index is 12.7. The SMILES string of the molecule is COc1cccc(C(CNS(=O)(=O)c2ccc(S(=O)(=O)NC3CC3)cc2)N(C)C)c1. The lowest BCUT2D eigenvalue weighted by molar-refractivity contribution is 0.298. The summed E-state index contributed by atoms with van der Waals surface area (Å²) in [6.45, 7) is 0.145. The summed E-state index contributed by atoms with van der Waals surface area (Å²) >= 11 is 0. The second kappa shape index (κ2) is 9.03. The largest absolute Gasteiger partial charge is 0.497 e. The van der Waals surface area contributed by atoms with Crippen LogP contribution in [0.2, 0.25) is 0 Å². The third kappa shape index (κ3) is 5.58. The summed E-state index contributed by atoms with van der Waals surface area (Å²) in [5, 5.41) is 0. The van der Waals surface area contributed by atoms with Crippen LogP contribution in [-0.2, 0) is 20.0 Å². The number of hydrogen-bond donors (Lipinski definition) is 2. The highest BCUT2D eigenvalue weighted by atomic mass is 32.2. The zero-order valence-corrected chi connectivity index (χ0v) is 18.8. The van der Waals surface area contributed by atoms with E-state index >= 15 is 0 Å².